The Hall–Kier alpha value is -1.10. The number of carboxylic acid groups (broad SMARTS) is 1. The van der Waals surface area contributed by atoms with Crippen molar-refractivity contribution in [3.05, 3.63) is 0 Å². The first-order valence-corrected chi connectivity index (χ1v) is 8.20. The lowest BCUT2D eigenvalue weighted by Gasteiger charge is -2.44. The predicted octanol–water partition coefficient (Wildman–Crippen LogP) is 2.00. The normalized spacial score (nSPS) is 37.3. The van der Waals surface area contributed by atoms with Crippen LogP contribution in [0.3, 0.4) is 0 Å². The third-order valence-electron chi connectivity index (χ3n) is 5.29. The van der Waals surface area contributed by atoms with Crippen LogP contribution in [0.1, 0.15) is 58.8 Å². The molecule has 120 valence electrons. The molecule has 1 saturated heterocycles. The molecule has 0 spiro atoms. The fourth-order valence-electron chi connectivity index (χ4n) is 3.96. The second kappa shape index (κ2) is 6.34. The van der Waals surface area contributed by atoms with Crippen LogP contribution < -0.4 is 5.73 Å². The summed E-state index contributed by atoms with van der Waals surface area (Å²) >= 11 is 0. The molecule has 1 amide bonds. The van der Waals surface area contributed by atoms with Gasteiger partial charge in [0.2, 0.25) is 5.91 Å². The summed E-state index contributed by atoms with van der Waals surface area (Å²) in [6, 6.07) is -0.700. The second-order valence-electron chi connectivity index (χ2n) is 7.01. The van der Waals surface area contributed by atoms with Crippen LogP contribution in [0.4, 0.5) is 0 Å². The van der Waals surface area contributed by atoms with Crippen LogP contribution in [0.25, 0.3) is 0 Å². The molecule has 3 N–H and O–H groups in total. The lowest BCUT2D eigenvalue weighted by Crippen LogP contribution is -2.62. The molecule has 4 unspecified atom stereocenters. The van der Waals surface area contributed by atoms with E-state index >= 15 is 0 Å². The molecular weight excluding hydrogens is 268 g/mol. The molecule has 0 bridgehead atoms. The van der Waals surface area contributed by atoms with Gasteiger partial charge in [-0.3, -0.25) is 4.79 Å². The molecule has 0 aromatic heterocycles. The Balaban J connectivity index is 2.14. The maximum absolute atomic E-state index is 12.9. The largest absolute Gasteiger partial charge is 0.480 e. The van der Waals surface area contributed by atoms with Crippen molar-refractivity contribution in [3.63, 3.8) is 0 Å². The molecule has 5 heteroatoms. The van der Waals surface area contributed by atoms with Gasteiger partial charge in [-0.15, -0.1) is 0 Å². The van der Waals surface area contributed by atoms with Gasteiger partial charge in [0.25, 0.3) is 0 Å². The zero-order valence-corrected chi connectivity index (χ0v) is 13.2. The number of carboxylic acids is 1. The topological polar surface area (TPSA) is 83.6 Å². The van der Waals surface area contributed by atoms with Gasteiger partial charge >= 0.3 is 5.97 Å². The second-order valence-corrected chi connectivity index (χ2v) is 7.01. The summed E-state index contributed by atoms with van der Waals surface area (Å²) in [5, 5.41) is 9.47. The van der Waals surface area contributed by atoms with Crippen molar-refractivity contribution in [1.82, 2.24) is 4.90 Å². The minimum atomic E-state index is -0.894. The van der Waals surface area contributed by atoms with E-state index in [1.807, 2.05) is 0 Å². The van der Waals surface area contributed by atoms with Crippen molar-refractivity contribution in [2.45, 2.75) is 70.4 Å². The summed E-state index contributed by atoms with van der Waals surface area (Å²) in [7, 11) is 0. The van der Waals surface area contributed by atoms with Crippen LogP contribution in [-0.2, 0) is 9.59 Å². The number of likely N-dealkylation sites (tertiary alicyclic amines) is 1. The molecule has 2 aliphatic rings. The Morgan fingerprint density at radius 3 is 2.67 bits per heavy atom. The Morgan fingerprint density at radius 1 is 1.38 bits per heavy atom. The van der Waals surface area contributed by atoms with E-state index in [-0.39, 0.29) is 5.91 Å². The molecule has 2 rings (SSSR count). The molecule has 0 aromatic rings. The molecule has 0 aromatic carbocycles. The van der Waals surface area contributed by atoms with Crippen LogP contribution >= 0.6 is 0 Å². The van der Waals surface area contributed by atoms with E-state index in [1.165, 1.54) is 0 Å². The first-order valence-electron chi connectivity index (χ1n) is 8.20. The van der Waals surface area contributed by atoms with E-state index in [4.69, 9.17) is 5.73 Å². The summed E-state index contributed by atoms with van der Waals surface area (Å²) in [5.74, 6) is -0.205. The summed E-state index contributed by atoms with van der Waals surface area (Å²) < 4.78 is 0. The number of amides is 1. The van der Waals surface area contributed by atoms with Crippen molar-refractivity contribution >= 4 is 11.9 Å². The number of hydrogen-bond acceptors (Lipinski definition) is 3. The molecule has 0 radical (unpaired) electrons. The summed E-state index contributed by atoms with van der Waals surface area (Å²) in [4.78, 5) is 26.0. The minimum absolute atomic E-state index is 0.143. The molecule has 1 aliphatic heterocycles. The number of carbonyl (C=O) groups is 2. The van der Waals surface area contributed by atoms with Gasteiger partial charge in [0.1, 0.15) is 6.04 Å². The van der Waals surface area contributed by atoms with Crippen molar-refractivity contribution in [1.29, 1.82) is 0 Å². The maximum Gasteiger partial charge on any atom is 0.326 e. The number of nitrogens with zero attached hydrogens (tertiary/aromatic N) is 1. The molecular formula is C16H28N2O3. The highest BCUT2D eigenvalue weighted by atomic mass is 16.4. The van der Waals surface area contributed by atoms with Gasteiger partial charge in [-0.1, -0.05) is 33.1 Å². The van der Waals surface area contributed by atoms with E-state index in [1.54, 1.807) is 4.90 Å². The Labute approximate surface area is 126 Å². The SMILES string of the molecule is CCC1CCN(C(=O)C2(N)CCCC(C)C2)C(C(=O)O)C1. The zero-order valence-electron chi connectivity index (χ0n) is 13.2. The quantitative estimate of drug-likeness (QED) is 0.834. The average Bonchev–Trinajstić information content (AvgIpc) is 2.45. The molecule has 5 nitrogen and oxygen atoms in total. The molecule has 21 heavy (non-hydrogen) atoms. The lowest BCUT2D eigenvalue weighted by atomic mass is 9.75. The molecule has 1 saturated carbocycles. The van der Waals surface area contributed by atoms with Crippen LogP contribution in [0.2, 0.25) is 0 Å². The van der Waals surface area contributed by atoms with Gasteiger partial charge < -0.3 is 15.7 Å². The third kappa shape index (κ3) is 3.39. The van der Waals surface area contributed by atoms with Crippen LogP contribution in [0.15, 0.2) is 0 Å². The monoisotopic (exact) mass is 296 g/mol. The van der Waals surface area contributed by atoms with Gasteiger partial charge in [0.05, 0.1) is 5.54 Å². The van der Waals surface area contributed by atoms with E-state index < -0.39 is 17.6 Å². The molecule has 1 aliphatic carbocycles. The number of hydrogen-bond donors (Lipinski definition) is 2. The van der Waals surface area contributed by atoms with E-state index in [0.29, 0.717) is 37.6 Å². The molecule has 2 fully saturated rings. The minimum Gasteiger partial charge on any atom is -0.480 e. The van der Waals surface area contributed by atoms with Crippen LogP contribution in [-0.4, -0.2) is 40.0 Å². The van der Waals surface area contributed by atoms with Crippen molar-refractivity contribution in [3.8, 4) is 0 Å². The smallest absolute Gasteiger partial charge is 0.326 e. The predicted molar refractivity (Wildman–Crippen MR) is 80.7 cm³/mol. The fraction of sp³-hybridized carbons (Fsp3) is 0.875. The van der Waals surface area contributed by atoms with Gasteiger partial charge in [0, 0.05) is 6.54 Å². The van der Waals surface area contributed by atoms with Gasteiger partial charge in [-0.05, 0) is 37.5 Å². The Kier molecular flexibility index (Phi) is 4.91. The molecule has 1 heterocycles. The number of aliphatic carboxylic acids is 1. The summed E-state index contributed by atoms with van der Waals surface area (Å²) in [6.45, 7) is 4.72. The number of nitrogens with two attached hydrogens (primary N) is 1. The number of piperidine rings is 1. The van der Waals surface area contributed by atoms with Crippen molar-refractivity contribution in [2.75, 3.05) is 6.54 Å². The number of rotatable bonds is 3. The molecule has 4 atom stereocenters. The zero-order chi connectivity index (χ0) is 15.6. The summed E-state index contributed by atoms with van der Waals surface area (Å²) in [6.07, 6.45) is 5.82. The van der Waals surface area contributed by atoms with Gasteiger partial charge in [-0.2, -0.15) is 0 Å². The van der Waals surface area contributed by atoms with Crippen molar-refractivity contribution in [2.24, 2.45) is 17.6 Å². The maximum atomic E-state index is 12.9. The van der Waals surface area contributed by atoms with Gasteiger partial charge in [-0.25, -0.2) is 4.79 Å². The van der Waals surface area contributed by atoms with Gasteiger partial charge in [0.15, 0.2) is 0 Å². The Bertz CT molecular complexity index is 412. The first kappa shape index (κ1) is 16.3. The Morgan fingerprint density at radius 2 is 2.10 bits per heavy atom. The van der Waals surface area contributed by atoms with E-state index in [2.05, 4.69) is 13.8 Å². The average molecular weight is 296 g/mol. The van der Waals surface area contributed by atoms with E-state index in [0.717, 1.165) is 25.7 Å². The highest BCUT2D eigenvalue weighted by Gasteiger charge is 2.45. The van der Waals surface area contributed by atoms with Crippen LogP contribution in [0, 0.1) is 11.8 Å². The van der Waals surface area contributed by atoms with Crippen LogP contribution in [0.5, 0.6) is 0 Å². The fourth-order valence-corrected chi connectivity index (χ4v) is 3.96. The first-order chi connectivity index (χ1) is 9.87. The standard InChI is InChI=1S/C16H28N2O3/c1-3-12-6-8-18(13(9-12)14(19)20)15(21)16(17)7-4-5-11(2)10-16/h11-13H,3-10,17H2,1-2H3,(H,19,20). The van der Waals surface area contributed by atoms with E-state index in [9.17, 15) is 14.7 Å². The summed E-state index contributed by atoms with van der Waals surface area (Å²) in [5.41, 5.74) is 5.51. The third-order valence-corrected chi connectivity index (χ3v) is 5.29. The highest BCUT2D eigenvalue weighted by Crippen LogP contribution is 2.34. The van der Waals surface area contributed by atoms with Crippen molar-refractivity contribution < 1.29 is 14.7 Å². The lowest BCUT2D eigenvalue weighted by molar-refractivity contribution is -0.156. The number of carbonyl (C=O) groups excluding carboxylic acids is 1. The highest BCUT2D eigenvalue weighted by molar-refractivity contribution is 5.90.